The first-order valence-electron chi connectivity index (χ1n) is 20.2. The first-order valence-corrected chi connectivity index (χ1v) is 21.7. The Morgan fingerprint density at radius 3 is 1.58 bits per heavy atom. The Kier molecular flexibility index (Phi) is 38.6. The maximum Gasteiger partial charge on any atom is 0.472 e. The largest absolute Gasteiger partial charge is 0.472 e. The van der Waals surface area contributed by atoms with Gasteiger partial charge in [0.05, 0.1) is 19.8 Å². The molecule has 0 aromatic rings. The van der Waals surface area contributed by atoms with E-state index in [-0.39, 0.29) is 38.8 Å². The molecule has 8 nitrogen and oxygen atoms in total. The maximum atomic E-state index is 12.5. The molecule has 3 N–H and O–H groups in total. The lowest BCUT2D eigenvalue weighted by molar-refractivity contribution is -0.154. The monoisotopic (exact) mass is 760 g/mol. The Balaban J connectivity index is 4.23. The summed E-state index contributed by atoms with van der Waals surface area (Å²) in [7, 11) is -4.30. The van der Waals surface area contributed by atoms with Crippen molar-refractivity contribution < 1.29 is 32.8 Å². The van der Waals surface area contributed by atoms with E-state index in [4.69, 9.17) is 24.3 Å². The second-order valence-electron chi connectivity index (χ2n) is 12.8. The number of unbranched alkanes of at least 4 members (excludes halogenated alkanes) is 8. The number of carbonyl (C=O) groups is 1. The molecule has 0 aliphatic rings. The zero-order chi connectivity index (χ0) is 38.8. The van der Waals surface area contributed by atoms with Gasteiger partial charge in [0, 0.05) is 19.6 Å². The minimum atomic E-state index is -4.30. The van der Waals surface area contributed by atoms with Crippen LogP contribution in [0.1, 0.15) is 136 Å². The molecule has 0 spiro atoms. The fourth-order valence-corrected chi connectivity index (χ4v) is 5.56. The third kappa shape index (κ3) is 40.4. The number of carbonyl (C=O) groups excluding carboxylic acids is 1. The molecule has 302 valence electrons. The topological polar surface area (TPSA) is 117 Å². The lowest BCUT2D eigenvalue weighted by Crippen LogP contribution is -2.28. The highest BCUT2D eigenvalue weighted by Gasteiger charge is 2.25. The van der Waals surface area contributed by atoms with Crippen LogP contribution in [0.15, 0.2) is 97.2 Å². The van der Waals surface area contributed by atoms with Gasteiger partial charge in [0.15, 0.2) is 0 Å². The zero-order valence-electron chi connectivity index (χ0n) is 33.2. The molecule has 0 aliphatic carbocycles. The Morgan fingerprint density at radius 1 is 0.585 bits per heavy atom. The van der Waals surface area contributed by atoms with Crippen molar-refractivity contribution in [3.8, 4) is 0 Å². The molecule has 2 unspecified atom stereocenters. The van der Waals surface area contributed by atoms with Gasteiger partial charge in [0.25, 0.3) is 0 Å². The summed E-state index contributed by atoms with van der Waals surface area (Å²) in [5.41, 5.74) is 5.35. The summed E-state index contributed by atoms with van der Waals surface area (Å²) in [4.78, 5) is 22.4. The Hall–Kier alpha value is -2.58. The third-order valence-electron chi connectivity index (χ3n) is 7.74. The Labute approximate surface area is 323 Å². The number of phosphoric ester groups is 1. The van der Waals surface area contributed by atoms with E-state index in [1.807, 2.05) is 0 Å². The predicted octanol–water partition coefficient (Wildman–Crippen LogP) is 11.9. The van der Waals surface area contributed by atoms with Crippen molar-refractivity contribution in [1.29, 1.82) is 0 Å². The Bertz CT molecular complexity index is 1120. The van der Waals surface area contributed by atoms with Crippen LogP contribution in [-0.2, 0) is 27.9 Å². The van der Waals surface area contributed by atoms with Crippen LogP contribution in [-0.4, -0.2) is 49.9 Å². The van der Waals surface area contributed by atoms with Crippen molar-refractivity contribution in [2.75, 3.05) is 33.0 Å². The minimum Gasteiger partial charge on any atom is -0.457 e. The molecule has 0 saturated heterocycles. The number of hydrogen-bond acceptors (Lipinski definition) is 7. The summed E-state index contributed by atoms with van der Waals surface area (Å²) in [6.07, 6.45) is 52.9. The molecule has 9 heteroatoms. The number of allylic oxidation sites excluding steroid dienone is 16. The van der Waals surface area contributed by atoms with E-state index < -0.39 is 13.9 Å². The van der Waals surface area contributed by atoms with Crippen molar-refractivity contribution in [3.05, 3.63) is 97.2 Å². The molecule has 0 saturated carbocycles. The molecule has 0 rings (SSSR count). The Morgan fingerprint density at radius 2 is 1.06 bits per heavy atom. The van der Waals surface area contributed by atoms with Crippen LogP contribution in [0.4, 0.5) is 0 Å². The average molecular weight is 760 g/mol. The molecule has 0 aliphatic heterocycles. The van der Waals surface area contributed by atoms with Gasteiger partial charge in [-0.1, -0.05) is 143 Å². The molecule has 0 amide bonds. The van der Waals surface area contributed by atoms with Crippen LogP contribution in [0.25, 0.3) is 0 Å². The highest BCUT2D eigenvalue weighted by molar-refractivity contribution is 7.47. The summed E-state index contributed by atoms with van der Waals surface area (Å²) in [6, 6.07) is 0. The summed E-state index contributed by atoms with van der Waals surface area (Å²) in [5, 5.41) is 0. The van der Waals surface area contributed by atoms with Crippen LogP contribution in [0, 0.1) is 0 Å². The van der Waals surface area contributed by atoms with E-state index in [2.05, 4.69) is 111 Å². The summed E-state index contributed by atoms with van der Waals surface area (Å²) < 4.78 is 33.3. The van der Waals surface area contributed by atoms with Gasteiger partial charge in [-0.05, 0) is 83.5 Å². The van der Waals surface area contributed by atoms with E-state index in [0.29, 0.717) is 6.61 Å². The van der Waals surface area contributed by atoms with Gasteiger partial charge in [0.2, 0.25) is 0 Å². The molecule has 0 aromatic heterocycles. The molecule has 0 radical (unpaired) electrons. The maximum absolute atomic E-state index is 12.5. The van der Waals surface area contributed by atoms with Gasteiger partial charge in [-0.2, -0.15) is 0 Å². The zero-order valence-corrected chi connectivity index (χ0v) is 34.1. The first kappa shape index (κ1) is 50.4. The second-order valence-corrected chi connectivity index (χ2v) is 14.2. The number of hydrogen-bond donors (Lipinski definition) is 2. The van der Waals surface area contributed by atoms with E-state index in [0.717, 1.165) is 96.3 Å². The summed E-state index contributed by atoms with van der Waals surface area (Å²) >= 11 is 0. The number of ether oxygens (including phenoxy) is 2. The lowest BCUT2D eigenvalue weighted by Gasteiger charge is -2.20. The summed E-state index contributed by atoms with van der Waals surface area (Å²) in [5.74, 6) is -0.370. The molecular weight excluding hydrogens is 685 g/mol. The van der Waals surface area contributed by atoms with Crippen molar-refractivity contribution in [3.63, 3.8) is 0 Å². The summed E-state index contributed by atoms with van der Waals surface area (Å²) in [6.45, 7) is 4.55. The van der Waals surface area contributed by atoms with E-state index in [9.17, 15) is 14.3 Å². The number of esters is 1. The smallest absolute Gasteiger partial charge is 0.457 e. The quantitative estimate of drug-likeness (QED) is 0.0278. The number of rotatable bonds is 37. The molecule has 2 atom stereocenters. The van der Waals surface area contributed by atoms with Gasteiger partial charge in [-0.25, -0.2) is 4.57 Å². The number of nitrogens with two attached hydrogens (primary N) is 1. The highest BCUT2D eigenvalue weighted by atomic mass is 31.2. The van der Waals surface area contributed by atoms with Gasteiger partial charge in [-0.15, -0.1) is 0 Å². The predicted molar refractivity (Wildman–Crippen MR) is 224 cm³/mol. The number of phosphoric acid groups is 1. The van der Waals surface area contributed by atoms with Crippen LogP contribution in [0.3, 0.4) is 0 Å². The fraction of sp³-hybridized carbons (Fsp3) is 0.614. The van der Waals surface area contributed by atoms with Crippen molar-refractivity contribution in [2.45, 2.75) is 142 Å². The minimum absolute atomic E-state index is 0.0639. The van der Waals surface area contributed by atoms with Crippen molar-refractivity contribution in [2.24, 2.45) is 5.73 Å². The first-order chi connectivity index (χ1) is 25.9. The fourth-order valence-electron chi connectivity index (χ4n) is 4.79. The van der Waals surface area contributed by atoms with Crippen LogP contribution < -0.4 is 5.73 Å². The highest BCUT2D eigenvalue weighted by Crippen LogP contribution is 2.43. The van der Waals surface area contributed by atoms with Crippen LogP contribution in [0.2, 0.25) is 0 Å². The molecule has 53 heavy (non-hydrogen) atoms. The third-order valence-corrected chi connectivity index (χ3v) is 8.72. The lowest BCUT2D eigenvalue weighted by atomic mass is 10.1. The average Bonchev–Trinajstić information content (AvgIpc) is 3.15. The molecular formula is C44H74NO7P. The van der Waals surface area contributed by atoms with E-state index in [1.54, 1.807) is 0 Å². The van der Waals surface area contributed by atoms with Crippen molar-refractivity contribution >= 4 is 13.8 Å². The van der Waals surface area contributed by atoms with E-state index >= 15 is 0 Å². The molecule has 0 heterocycles. The van der Waals surface area contributed by atoms with Gasteiger partial charge < -0.3 is 20.1 Å². The van der Waals surface area contributed by atoms with E-state index in [1.165, 1.54) is 19.3 Å². The molecule has 0 fully saturated rings. The van der Waals surface area contributed by atoms with Crippen LogP contribution in [0.5, 0.6) is 0 Å². The molecule has 0 aromatic carbocycles. The normalized spacial score (nSPS) is 14.6. The standard InChI is InChI=1S/C44H74NO7P/c1-3-5-7-9-11-13-15-17-19-20-21-22-23-24-26-28-30-32-34-36-39-49-41-43(42-51-53(47,48)50-40-38-45)52-44(46)37-35-33-31-29-27-25-18-16-14-12-10-8-6-4-2/h5,7,10-13,16-19,21-22,24,26,30,32,43H,3-4,6,8-9,14-15,20,23,25,27-29,31,33-42,45H2,1-2H3,(H,47,48)/b7-5-,12-10-,13-11-,18-16-,19-17-,22-21-,26-24-,32-30-. The molecule has 0 bridgehead atoms. The van der Waals surface area contributed by atoms with Gasteiger partial charge in [0.1, 0.15) is 6.10 Å². The van der Waals surface area contributed by atoms with Gasteiger partial charge >= 0.3 is 13.8 Å². The van der Waals surface area contributed by atoms with Crippen LogP contribution >= 0.6 is 7.82 Å². The van der Waals surface area contributed by atoms with Crippen molar-refractivity contribution in [1.82, 2.24) is 0 Å². The van der Waals surface area contributed by atoms with Gasteiger partial charge in [-0.3, -0.25) is 13.8 Å². The SMILES string of the molecule is CC/C=C\C/C=C\C/C=C\C/C=C\C/C=C\C/C=C\CCCOCC(COP(=O)(O)OCCN)OC(=O)CCCCCCC/C=C\C/C=C\CCCC. The second kappa shape index (κ2) is 40.6.